The Bertz CT molecular complexity index is 1250. The van der Waals surface area contributed by atoms with Crippen LogP contribution in [0.15, 0.2) is 52.6 Å². The highest BCUT2D eigenvalue weighted by molar-refractivity contribution is 7.89. The standard InChI is InChI=1S/C18H17ClN6O4S/c19-18-16(24-10-2-1-5-17(24)21-18)12-20-22-14-7-6-13(11-15(14)25(26)27)30(28,29)23-8-3-4-9-23/h1-2,5-7,10-12,22H,3-4,8-9H2/b20-12+. The molecule has 0 amide bonds. The fourth-order valence-electron chi connectivity index (χ4n) is 3.26. The highest BCUT2D eigenvalue weighted by Gasteiger charge is 2.29. The average Bonchev–Trinajstić information content (AvgIpc) is 3.37. The number of nitrogens with zero attached hydrogens (tertiary/aromatic N) is 5. The number of fused-ring (bicyclic) bond motifs is 1. The first kappa shape index (κ1) is 20.3. The monoisotopic (exact) mass is 448 g/mol. The minimum absolute atomic E-state index is 0.0570. The first-order valence-electron chi connectivity index (χ1n) is 9.08. The number of anilines is 1. The largest absolute Gasteiger partial charge is 0.297 e. The summed E-state index contributed by atoms with van der Waals surface area (Å²) in [5, 5.41) is 15.8. The molecule has 1 aliphatic heterocycles. The van der Waals surface area contributed by atoms with Gasteiger partial charge in [-0.15, -0.1) is 0 Å². The molecule has 4 rings (SSSR count). The summed E-state index contributed by atoms with van der Waals surface area (Å²) < 4.78 is 28.4. The van der Waals surface area contributed by atoms with Gasteiger partial charge in [0, 0.05) is 25.4 Å². The van der Waals surface area contributed by atoms with Gasteiger partial charge in [0.2, 0.25) is 10.0 Å². The van der Waals surface area contributed by atoms with E-state index in [1.165, 1.54) is 22.7 Å². The third-order valence-corrected chi connectivity index (χ3v) is 6.94. The van der Waals surface area contributed by atoms with Crippen LogP contribution in [0.4, 0.5) is 11.4 Å². The Hall–Kier alpha value is -3.02. The molecule has 0 aliphatic carbocycles. The number of imidazole rings is 1. The second kappa shape index (κ2) is 8.01. The molecule has 1 aliphatic rings. The smallest absolute Gasteiger partial charge is 0.295 e. The van der Waals surface area contributed by atoms with E-state index in [9.17, 15) is 18.5 Å². The molecule has 12 heteroatoms. The minimum Gasteiger partial charge on any atom is -0.297 e. The predicted octanol–water partition coefficient (Wildman–Crippen LogP) is 3.13. The van der Waals surface area contributed by atoms with Crippen molar-refractivity contribution in [2.45, 2.75) is 17.7 Å². The molecule has 0 unspecified atom stereocenters. The molecule has 1 N–H and O–H groups in total. The van der Waals surface area contributed by atoms with Gasteiger partial charge in [0.25, 0.3) is 5.69 Å². The van der Waals surface area contributed by atoms with E-state index < -0.39 is 20.6 Å². The van der Waals surface area contributed by atoms with Crippen LogP contribution in [0.2, 0.25) is 5.15 Å². The van der Waals surface area contributed by atoms with Crippen LogP contribution in [-0.2, 0) is 10.0 Å². The van der Waals surface area contributed by atoms with Gasteiger partial charge in [0.1, 0.15) is 17.0 Å². The van der Waals surface area contributed by atoms with Crippen molar-refractivity contribution in [2.75, 3.05) is 18.5 Å². The molecule has 1 saturated heterocycles. The summed E-state index contributed by atoms with van der Waals surface area (Å²) in [5.74, 6) is 0. The van der Waals surface area contributed by atoms with Crippen molar-refractivity contribution in [3.63, 3.8) is 0 Å². The Morgan fingerprint density at radius 2 is 2.00 bits per heavy atom. The first-order chi connectivity index (χ1) is 14.4. The van der Waals surface area contributed by atoms with E-state index in [0.29, 0.717) is 24.4 Å². The van der Waals surface area contributed by atoms with Gasteiger partial charge in [-0.25, -0.2) is 13.4 Å². The number of aromatic nitrogens is 2. The van der Waals surface area contributed by atoms with Crippen LogP contribution in [0.5, 0.6) is 0 Å². The van der Waals surface area contributed by atoms with Crippen molar-refractivity contribution < 1.29 is 13.3 Å². The number of nitro benzene ring substituents is 1. The maximum atomic E-state index is 12.7. The Balaban J connectivity index is 1.62. The number of hydrogen-bond acceptors (Lipinski definition) is 7. The van der Waals surface area contributed by atoms with Gasteiger partial charge in [-0.3, -0.25) is 19.9 Å². The van der Waals surface area contributed by atoms with Gasteiger partial charge in [-0.05, 0) is 37.1 Å². The van der Waals surface area contributed by atoms with E-state index in [2.05, 4.69) is 15.5 Å². The predicted molar refractivity (Wildman–Crippen MR) is 113 cm³/mol. The van der Waals surface area contributed by atoms with Gasteiger partial charge in [-0.1, -0.05) is 17.7 Å². The van der Waals surface area contributed by atoms with Crippen molar-refractivity contribution in [1.29, 1.82) is 0 Å². The molecule has 0 atom stereocenters. The highest BCUT2D eigenvalue weighted by atomic mass is 35.5. The molecule has 10 nitrogen and oxygen atoms in total. The van der Waals surface area contributed by atoms with Crippen LogP contribution in [-0.4, -0.2) is 46.3 Å². The van der Waals surface area contributed by atoms with E-state index in [1.807, 2.05) is 6.07 Å². The van der Waals surface area contributed by atoms with Gasteiger partial charge in [0.15, 0.2) is 5.15 Å². The van der Waals surface area contributed by atoms with Crippen molar-refractivity contribution in [3.8, 4) is 0 Å². The summed E-state index contributed by atoms with van der Waals surface area (Å²) in [6, 6.07) is 9.11. The van der Waals surface area contributed by atoms with Crippen molar-refractivity contribution in [3.05, 3.63) is 63.6 Å². The topological polar surface area (TPSA) is 122 Å². The number of halogens is 1. The lowest BCUT2D eigenvalue weighted by molar-refractivity contribution is -0.384. The number of nitro groups is 1. The van der Waals surface area contributed by atoms with Crippen molar-refractivity contribution >= 4 is 44.9 Å². The average molecular weight is 449 g/mol. The summed E-state index contributed by atoms with van der Waals surface area (Å²) in [6.07, 6.45) is 4.71. The minimum atomic E-state index is -3.76. The third kappa shape index (κ3) is 3.74. The second-order valence-electron chi connectivity index (χ2n) is 6.63. The number of hydrazone groups is 1. The molecule has 0 bridgehead atoms. The van der Waals surface area contributed by atoms with Gasteiger partial charge < -0.3 is 0 Å². The van der Waals surface area contributed by atoms with E-state index in [-0.39, 0.29) is 15.7 Å². The molecular formula is C18H17ClN6O4S. The number of sulfonamides is 1. The van der Waals surface area contributed by atoms with Crippen LogP contribution in [0.1, 0.15) is 18.5 Å². The Morgan fingerprint density at radius 1 is 1.23 bits per heavy atom. The molecule has 3 aromatic rings. The van der Waals surface area contributed by atoms with Gasteiger partial charge in [0.05, 0.1) is 16.0 Å². The molecule has 2 aromatic heterocycles. The summed E-state index contributed by atoms with van der Waals surface area (Å²) in [5.41, 5.74) is 3.38. The Morgan fingerprint density at radius 3 is 2.73 bits per heavy atom. The fraction of sp³-hybridized carbons (Fsp3) is 0.222. The van der Waals surface area contributed by atoms with Crippen molar-refractivity contribution in [2.24, 2.45) is 5.10 Å². The molecule has 0 radical (unpaired) electrons. The van der Waals surface area contributed by atoms with Crippen LogP contribution >= 0.6 is 11.6 Å². The molecule has 30 heavy (non-hydrogen) atoms. The van der Waals surface area contributed by atoms with Crippen LogP contribution in [0.25, 0.3) is 5.65 Å². The van der Waals surface area contributed by atoms with Crippen LogP contribution in [0, 0.1) is 10.1 Å². The first-order valence-corrected chi connectivity index (χ1v) is 10.9. The fourth-order valence-corrected chi connectivity index (χ4v) is 5.02. The lowest BCUT2D eigenvalue weighted by Crippen LogP contribution is -2.27. The second-order valence-corrected chi connectivity index (χ2v) is 8.93. The van der Waals surface area contributed by atoms with Crippen LogP contribution in [0.3, 0.4) is 0 Å². The maximum absolute atomic E-state index is 12.7. The molecular weight excluding hydrogens is 432 g/mol. The summed E-state index contributed by atoms with van der Waals surface area (Å²) in [4.78, 5) is 14.9. The zero-order valence-corrected chi connectivity index (χ0v) is 17.2. The summed E-state index contributed by atoms with van der Waals surface area (Å²) >= 11 is 6.13. The lowest BCUT2D eigenvalue weighted by atomic mass is 10.3. The molecule has 0 saturated carbocycles. The lowest BCUT2D eigenvalue weighted by Gasteiger charge is -2.15. The quantitative estimate of drug-likeness (QED) is 0.351. The summed E-state index contributed by atoms with van der Waals surface area (Å²) in [7, 11) is -3.76. The number of nitrogens with one attached hydrogen (secondary N) is 1. The van der Waals surface area contributed by atoms with E-state index >= 15 is 0 Å². The summed E-state index contributed by atoms with van der Waals surface area (Å²) in [6.45, 7) is 0.834. The molecule has 1 fully saturated rings. The highest BCUT2D eigenvalue weighted by Crippen LogP contribution is 2.30. The maximum Gasteiger partial charge on any atom is 0.295 e. The van der Waals surface area contributed by atoms with E-state index in [4.69, 9.17) is 11.6 Å². The Kier molecular flexibility index (Phi) is 5.41. The zero-order chi connectivity index (χ0) is 21.3. The Labute approximate surface area is 177 Å². The third-order valence-electron chi connectivity index (χ3n) is 4.76. The van der Waals surface area contributed by atoms with Gasteiger partial charge >= 0.3 is 0 Å². The molecule has 1 aromatic carbocycles. The molecule has 156 valence electrons. The number of hydrogen-bond donors (Lipinski definition) is 1. The SMILES string of the molecule is O=[N+]([O-])c1cc(S(=O)(=O)N2CCCC2)ccc1N/N=C/c1c(Cl)nc2ccccn12. The van der Waals surface area contributed by atoms with Crippen LogP contribution < -0.4 is 5.43 Å². The number of pyridine rings is 1. The molecule has 3 heterocycles. The normalized spacial score (nSPS) is 15.2. The number of rotatable bonds is 6. The van der Waals surface area contributed by atoms with E-state index in [1.54, 1.807) is 22.7 Å². The van der Waals surface area contributed by atoms with Crippen molar-refractivity contribution in [1.82, 2.24) is 13.7 Å². The van der Waals surface area contributed by atoms with Gasteiger partial charge in [-0.2, -0.15) is 9.41 Å². The van der Waals surface area contributed by atoms with E-state index in [0.717, 1.165) is 18.9 Å². The number of benzene rings is 1. The zero-order valence-electron chi connectivity index (χ0n) is 15.6. The molecule has 0 spiro atoms.